The number of nitrogens with one attached hydrogen (secondary N) is 1. The Balaban J connectivity index is 1.96. The number of rotatable bonds is 5. The zero-order valence-electron chi connectivity index (χ0n) is 9.52. The maximum Gasteiger partial charge on any atom is 0.105 e. The van der Waals surface area contributed by atoms with E-state index in [1.54, 1.807) is 6.26 Å². The van der Waals surface area contributed by atoms with E-state index in [0.29, 0.717) is 6.04 Å². The molecule has 1 N–H and O–H groups in total. The van der Waals surface area contributed by atoms with Crippen molar-refractivity contribution >= 4 is 0 Å². The van der Waals surface area contributed by atoms with E-state index in [-0.39, 0.29) is 0 Å². The summed E-state index contributed by atoms with van der Waals surface area (Å²) in [6, 6.07) is 14.9. The molecule has 0 aliphatic carbocycles. The van der Waals surface area contributed by atoms with Gasteiger partial charge < -0.3 is 9.73 Å². The van der Waals surface area contributed by atoms with Gasteiger partial charge in [0.15, 0.2) is 0 Å². The maximum absolute atomic E-state index is 5.36. The van der Waals surface area contributed by atoms with Gasteiger partial charge in [-0.15, -0.1) is 0 Å². The van der Waals surface area contributed by atoms with Crippen LogP contribution in [0.4, 0.5) is 0 Å². The van der Waals surface area contributed by atoms with E-state index in [9.17, 15) is 0 Å². The minimum absolute atomic E-state index is 0.425. The average Bonchev–Trinajstić information content (AvgIpc) is 2.82. The van der Waals surface area contributed by atoms with Crippen molar-refractivity contribution in [1.82, 2.24) is 5.32 Å². The van der Waals surface area contributed by atoms with Crippen LogP contribution in [-0.4, -0.2) is 13.1 Å². The fourth-order valence-corrected chi connectivity index (χ4v) is 1.85. The summed E-state index contributed by atoms with van der Waals surface area (Å²) in [4.78, 5) is 0. The molecular formula is C14H17NO. The molecule has 16 heavy (non-hydrogen) atoms. The molecule has 84 valence electrons. The molecule has 2 aromatic rings. The standard InChI is InChI=1S/C14H17NO/c1-15-13(11-14-8-5-9-16-14)10-12-6-3-2-4-7-12/h2-9,13,15H,10-11H2,1H3. The molecule has 1 unspecified atom stereocenters. The summed E-state index contributed by atoms with van der Waals surface area (Å²) in [5.41, 5.74) is 1.36. The lowest BCUT2D eigenvalue weighted by atomic mass is 10.0. The molecule has 0 saturated carbocycles. The Kier molecular flexibility index (Phi) is 3.78. The highest BCUT2D eigenvalue weighted by Gasteiger charge is 2.09. The summed E-state index contributed by atoms with van der Waals surface area (Å²) in [5, 5.41) is 3.33. The first-order valence-corrected chi connectivity index (χ1v) is 5.62. The summed E-state index contributed by atoms with van der Waals surface area (Å²) in [6.07, 6.45) is 3.68. The van der Waals surface area contributed by atoms with Crippen LogP contribution in [0.3, 0.4) is 0 Å². The lowest BCUT2D eigenvalue weighted by Gasteiger charge is -2.14. The monoisotopic (exact) mass is 215 g/mol. The normalized spacial score (nSPS) is 12.6. The minimum atomic E-state index is 0.425. The third kappa shape index (κ3) is 2.97. The van der Waals surface area contributed by atoms with Crippen LogP contribution in [0.25, 0.3) is 0 Å². The van der Waals surface area contributed by atoms with E-state index in [1.165, 1.54) is 5.56 Å². The van der Waals surface area contributed by atoms with E-state index < -0.39 is 0 Å². The fourth-order valence-electron chi connectivity index (χ4n) is 1.85. The van der Waals surface area contributed by atoms with Gasteiger partial charge in [-0.25, -0.2) is 0 Å². The van der Waals surface area contributed by atoms with Gasteiger partial charge in [0.2, 0.25) is 0 Å². The Hall–Kier alpha value is -1.54. The first kappa shape index (κ1) is 11.0. The smallest absolute Gasteiger partial charge is 0.105 e. The van der Waals surface area contributed by atoms with Crippen LogP contribution in [-0.2, 0) is 12.8 Å². The Bertz CT molecular complexity index is 394. The van der Waals surface area contributed by atoms with E-state index in [2.05, 4.69) is 29.6 Å². The fraction of sp³-hybridized carbons (Fsp3) is 0.286. The number of hydrogen-bond donors (Lipinski definition) is 1. The molecule has 2 rings (SSSR count). The predicted octanol–water partition coefficient (Wildman–Crippen LogP) is 2.65. The zero-order chi connectivity index (χ0) is 11.2. The van der Waals surface area contributed by atoms with Crippen molar-refractivity contribution in [2.45, 2.75) is 18.9 Å². The molecule has 0 spiro atoms. The molecular weight excluding hydrogens is 198 g/mol. The van der Waals surface area contributed by atoms with Crippen molar-refractivity contribution in [3.05, 3.63) is 60.1 Å². The third-order valence-corrected chi connectivity index (χ3v) is 2.76. The average molecular weight is 215 g/mol. The molecule has 0 radical (unpaired) electrons. The molecule has 2 heteroatoms. The highest BCUT2D eigenvalue weighted by Crippen LogP contribution is 2.09. The Morgan fingerprint density at radius 1 is 1.06 bits per heavy atom. The molecule has 0 saturated heterocycles. The summed E-state index contributed by atoms with van der Waals surface area (Å²) >= 11 is 0. The SMILES string of the molecule is CNC(Cc1ccccc1)Cc1ccco1. The summed E-state index contributed by atoms with van der Waals surface area (Å²) in [5.74, 6) is 1.04. The third-order valence-electron chi connectivity index (χ3n) is 2.76. The van der Waals surface area contributed by atoms with Crippen molar-refractivity contribution in [2.75, 3.05) is 7.05 Å². The quantitative estimate of drug-likeness (QED) is 0.829. The number of likely N-dealkylation sites (N-methyl/N-ethyl adjacent to an activating group) is 1. The molecule has 0 fully saturated rings. The van der Waals surface area contributed by atoms with Gasteiger partial charge in [0.1, 0.15) is 5.76 Å². The first-order chi connectivity index (χ1) is 7.88. The lowest BCUT2D eigenvalue weighted by Crippen LogP contribution is -2.29. The number of furan rings is 1. The van der Waals surface area contributed by atoms with Crippen LogP contribution >= 0.6 is 0 Å². The van der Waals surface area contributed by atoms with Crippen LogP contribution in [0.2, 0.25) is 0 Å². The van der Waals surface area contributed by atoms with Crippen molar-refractivity contribution in [3.8, 4) is 0 Å². The second-order valence-electron chi connectivity index (χ2n) is 3.96. The van der Waals surface area contributed by atoms with Gasteiger partial charge >= 0.3 is 0 Å². The highest BCUT2D eigenvalue weighted by atomic mass is 16.3. The minimum Gasteiger partial charge on any atom is -0.469 e. The molecule has 0 amide bonds. The van der Waals surface area contributed by atoms with E-state index in [1.807, 2.05) is 25.2 Å². The van der Waals surface area contributed by atoms with E-state index in [4.69, 9.17) is 4.42 Å². The topological polar surface area (TPSA) is 25.2 Å². The van der Waals surface area contributed by atoms with Crippen molar-refractivity contribution in [3.63, 3.8) is 0 Å². The van der Waals surface area contributed by atoms with Gasteiger partial charge in [-0.2, -0.15) is 0 Å². The zero-order valence-corrected chi connectivity index (χ0v) is 9.52. The second-order valence-corrected chi connectivity index (χ2v) is 3.96. The molecule has 1 atom stereocenters. The number of benzene rings is 1. The van der Waals surface area contributed by atoms with Gasteiger partial charge in [0.05, 0.1) is 6.26 Å². The maximum atomic E-state index is 5.36. The Morgan fingerprint density at radius 3 is 2.50 bits per heavy atom. The largest absolute Gasteiger partial charge is 0.469 e. The molecule has 0 bridgehead atoms. The van der Waals surface area contributed by atoms with Crippen LogP contribution in [0.15, 0.2) is 53.1 Å². The molecule has 0 aliphatic rings. The van der Waals surface area contributed by atoms with Gasteiger partial charge in [-0.3, -0.25) is 0 Å². The van der Waals surface area contributed by atoms with E-state index >= 15 is 0 Å². The van der Waals surface area contributed by atoms with Crippen molar-refractivity contribution in [2.24, 2.45) is 0 Å². The summed E-state index contributed by atoms with van der Waals surface area (Å²) in [7, 11) is 2.00. The van der Waals surface area contributed by atoms with Crippen LogP contribution in [0, 0.1) is 0 Å². The molecule has 1 aromatic heterocycles. The van der Waals surface area contributed by atoms with Crippen LogP contribution in [0.1, 0.15) is 11.3 Å². The molecule has 1 aromatic carbocycles. The van der Waals surface area contributed by atoms with Crippen molar-refractivity contribution in [1.29, 1.82) is 0 Å². The Morgan fingerprint density at radius 2 is 1.88 bits per heavy atom. The molecule has 1 heterocycles. The lowest BCUT2D eigenvalue weighted by molar-refractivity contribution is 0.456. The molecule has 2 nitrogen and oxygen atoms in total. The van der Waals surface area contributed by atoms with Gasteiger partial charge in [-0.05, 0) is 31.2 Å². The van der Waals surface area contributed by atoms with Crippen LogP contribution < -0.4 is 5.32 Å². The first-order valence-electron chi connectivity index (χ1n) is 5.62. The van der Waals surface area contributed by atoms with Crippen LogP contribution in [0.5, 0.6) is 0 Å². The summed E-state index contributed by atoms with van der Waals surface area (Å²) in [6.45, 7) is 0. The van der Waals surface area contributed by atoms with E-state index in [0.717, 1.165) is 18.6 Å². The predicted molar refractivity (Wildman–Crippen MR) is 65.4 cm³/mol. The second kappa shape index (κ2) is 5.52. The van der Waals surface area contributed by atoms with Crippen molar-refractivity contribution < 1.29 is 4.42 Å². The van der Waals surface area contributed by atoms with Gasteiger partial charge in [0, 0.05) is 12.5 Å². The van der Waals surface area contributed by atoms with Gasteiger partial charge in [0.25, 0.3) is 0 Å². The number of hydrogen-bond acceptors (Lipinski definition) is 2. The molecule has 0 aliphatic heterocycles. The summed E-state index contributed by atoms with van der Waals surface area (Å²) < 4.78 is 5.36. The highest BCUT2D eigenvalue weighted by molar-refractivity contribution is 5.16. The Labute approximate surface area is 96.3 Å². The van der Waals surface area contributed by atoms with Gasteiger partial charge in [-0.1, -0.05) is 30.3 Å².